The Labute approximate surface area is 123 Å². The molecular formula is C11H8BrClN4S. The molecule has 2 rings (SSSR count). The molecular weight excluding hydrogens is 336 g/mol. The van der Waals surface area contributed by atoms with Crippen LogP contribution < -0.4 is 11.1 Å². The predicted molar refractivity (Wildman–Crippen MR) is 80.4 cm³/mol. The minimum atomic E-state index is 0.220. The first-order valence-corrected chi connectivity index (χ1v) is 6.48. The van der Waals surface area contributed by atoms with Gasteiger partial charge >= 0.3 is 0 Å². The molecule has 1 heterocycles. The van der Waals surface area contributed by atoms with Crippen molar-refractivity contribution in [1.82, 2.24) is 9.97 Å². The van der Waals surface area contributed by atoms with Gasteiger partial charge in [0.15, 0.2) is 0 Å². The van der Waals surface area contributed by atoms with E-state index in [0.717, 1.165) is 10.2 Å². The number of nitrogens with zero attached hydrogens (tertiary/aromatic N) is 2. The molecule has 1 aromatic heterocycles. The van der Waals surface area contributed by atoms with Crippen LogP contribution in [0.4, 0.5) is 11.5 Å². The van der Waals surface area contributed by atoms with Crippen LogP contribution in [0.5, 0.6) is 0 Å². The van der Waals surface area contributed by atoms with Crippen LogP contribution in [-0.2, 0) is 0 Å². The van der Waals surface area contributed by atoms with Gasteiger partial charge in [0.1, 0.15) is 16.5 Å². The maximum absolute atomic E-state index is 5.92. The van der Waals surface area contributed by atoms with E-state index in [1.807, 2.05) is 6.07 Å². The van der Waals surface area contributed by atoms with E-state index in [2.05, 4.69) is 31.2 Å². The monoisotopic (exact) mass is 342 g/mol. The summed E-state index contributed by atoms with van der Waals surface area (Å²) in [6.07, 6.45) is 3.07. The highest BCUT2D eigenvalue weighted by atomic mass is 79.9. The summed E-state index contributed by atoms with van der Waals surface area (Å²) in [5.74, 6) is 0.581. The molecule has 2 aromatic rings. The zero-order valence-electron chi connectivity index (χ0n) is 9.02. The van der Waals surface area contributed by atoms with Crippen LogP contribution in [0, 0.1) is 0 Å². The average molecular weight is 344 g/mol. The van der Waals surface area contributed by atoms with Crippen molar-refractivity contribution in [2.24, 2.45) is 5.73 Å². The minimum Gasteiger partial charge on any atom is -0.388 e. The van der Waals surface area contributed by atoms with E-state index < -0.39 is 0 Å². The van der Waals surface area contributed by atoms with E-state index >= 15 is 0 Å². The summed E-state index contributed by atoms with van der Waals surface area (Å²) < 4.78 is 0.882. The van der Waals surface area contributed by atoms with Gasteiger partial charge in [-0.1, -0.05) is 23.8 Å². The van der Waals surface area contributed by atoms with Gasteiger partial charge in [-0.15, -0.1) is 0 Å². The molecule has 0 amide bonds. The van der Waals surface area contributed by atoms with E-state index in [9.17, 15) is 0 Å². The summed E-state index contributed by atoms with van der Waals surface area (Å²) in [5.41, 5.74) is 6.74. The highest BCUT2D eigenvalue weighted by molar-refractivity contribution is 9.10. The Morgan fingerprint density at radius 3 is 2.72 bits per heavy atom. The molecule has 0 saturated carbocycles. The van der Waals surface area contributed by atoms with Crippen molar-refractivity contribution in [3.8, 4) is 0 Å². The van der Waals surface area contributed by atoms with Gasteiger partial charge in [0, 0.05) is 9.50 Å². The Kier molecular flexibility index (Phi) is 4.11. The number of halogens is 2. The van der Waals surface area contributed by atoms with Gasteiger partial charge in [0.05, 0.1) is 18.1 Å². The molecule has 0 radical (unpaired) electrons. The third-order valence-corrected chi connectivity index (χ3v) is 3.23. The summed E-state index contributed by atoms with van der Waals surface area (Å²) in [5, 5.41) is 3.72. The first kappa shape index (κ1) is 13.2. The van der Waals surface area contributed by atoms with Crippen LogP contribution in [0.2, 0.25) is 5.02 Å². The average Bonchev–Trinajstić information content (AvgIpc) is 2.34. The van der Waals surface area contributed by atoms with E-state index in [4.69, 9.17) is 29.6 Å². The molecule has 0 saturated heterocycles. The number of hydrogen-bond donors (Lipinski definition) is 2. The lowest BCUT2D eigenvalue weighted by Crippen LogP contribution is -2.12. The minimum absolute atomic E-state index is 0.220. The SMILES string of the molecule is NC(=S)c1cnc(Nc2cc(Cl)ccc2Br)cn1. The number of nitrogens with one attached hydrogen (secondary N) is 1. The van der Waals surface area contributed by atoms with Gasteiger partial charge < -0.3 is 11.1 Å². The van der Waals surface area contributed by atoms with Crippen molar-refractivity contribution in [2.75, 3.05) is 5.32 Å². The Morgan fingerprint density at radius 1 is 1.33 bits per heavy atom. The lowest BCUT2D eigenvalue weighted by atomic mass is 10.3. The predicted octanol–water partition coefficient (Wildman–Crippen LogP) is 3.27. The highest BCUT2D eigenvalue weighted by Crippen LogP contribution is 2.27. The summed E-state index contributed by atoms with van der Waals surface area (Å²) in [4.78, 5) is 8.47. The molecule has 0 aliphatic heterocycles. The summed E-state index contributed by atoms with van der Waals surface area (Å²) in [6, 6.07) is 5.43. The van der Waals surface area contributed by atoms with Crippen molar-refractivity contribution in [2.45, 2.75) is 0 Å². The van der Waals surface area contributed by atoms with Gasteiger partial charge in [-0.05, 0) is 34.1 Å². The van der Waals surface area contributed by atoms with E-state index in [1.165, 1.54) is 6.20 Å². The molecule has 0 fully saturated rings. The lowest BCUT2D eigenvalue weighted by Gasteiger charge is -2.08. The van der Waals surface area contributed by atoms with Gasteiger partial charge in [-0.25, -0.2) is 9.97 Å². The number of anilines is 2. The number of benzene rings is 1. The first-order chi connectivity index (χ1) is 8.56. The molecule has 92 valence electrons. The van der Waals surface area contributed by atoms with Crippen LogP contribution >= 0.6 is 39.7 Å². The van der Waals surface area contributed by atoms with Crippen molar-refractivity contribution in [3.05, 3.63) is 45.8 Å². The van der Waals surface area contributed by atoms with Gasteiger partial charge in [0.25, 0.3) is 0 Å². The van der Waals surface area contributed by atoms with E-state index in [0.29, 0.717) is 16.5 Å². The fraction of sp³-hybridized carbons (Fsp3) is 0. The molecule has 3 N–H and O–H groups in total. The summed E-state index contributed by atoms with van der Waals surface area (Å²) in [6.45, 7) is 0. The molecule has 4 nitrogen and oxygen atoms in total. The van der Waals surface area contributed by atoms with Crippen molar-refractivity contribution in [1.29, 1.82) is 0 Å². The Hall–Kier alpha value is -1.24. The summed E-state index contributed by atoms with van der Waals surface area (Å²) >= 11 is 14.1. The molecule has 0 spiro atoms. The molecule has 7 heteroatoms. The van der Waals surface area contributed by atoms with Crippen LogP contribution in [0.3, 0.4) is 0 Å². The van der Waals surface area contributed by atoms with Crippen LogP contribution in [0.25, 0.3) is 0 Å². The molecule has 0 bridgehead atoms. The topological polar surface area (TPSA) is 63.8 Å². The number of aromatic nitrogens is 2. The first-order valence-electron chi connectivity index (χ1n) is 4.90. The van der Waals surface area contributed by atoms with Gasteiger partial charge in [-0.3, -0.25) is 0 Å². The fourth-order valence-corrected chi connectivity index (χ4v) is 1.87. The Balaban J connectivity index is 2.23. The molecule has 0 aliphatic carbocycles. The van der Waals surface area contributed by atoms with Crippen molar-refractivity contribution < 1.29 is 0 Å². The van der Waals surface area contributed by atoms with Crippen molar-refractivity contribution in [3.63, 3.8) is 0 Å². The highest BCUT2D eigenvalue weighted by Gasteiger charge is 2.04. The Morgan fingerprint density at radius 2 is 2.11 bits per heavy atom. The van der Waals surface area contributed by atoms with Crippen LogP contribution in [-0.4, -0.2) is 15.0 Å². The van der Waals surface area contributed by atoms with Crippen LogP contribution in [0.1, 0.15) is 5.69 Å². The molecule has 1 aromatic carbocycles. The number of thiocarbonyl (C=S) groups is 1. The second kappa shape index (κ2) is 5.60. The maximum Gasteiger partial charge on any atom is 0.148 e. The number of rotatable bonds is 3. The second-order valence-corrected chi connectivity index (χ2v) is 5.13. The van der Waals surface area contributed by atoms with Gasteiger partial charge in [-0.2, -0.15) is 0 Å². The standard InChI is InChI=1S/C11H8BrClN4S/c12-7-2-1-6(13)3-8(7)17-10-5-15-9(4-16-10)11(14)18/h1-5H,(H2,14,18)(H,16,17). The quantitative estimate of drug-likeness (QED) is 0.837. The molecule has 18 heavy (non-hydrogen) atoms. The zero-order valence-corrected chi connectivity index (χ0v) is 12.2. The second-order valence-electron chi connectivity index (χ2n) is 3.40. The smallest absolute Gasteiger partial charge is 0.148 e. The molecule has 0 aliphatic rings. The molecule has 0 unspecified atom stereocenters. The zero-order chi connectivity index (χ0) is 13.1. The normalized spacial score (nSPS) is 10.1. The third kappa shape index (κ3) is 3.16. The molecule has 0 atom stereocenters. The maximum atomic E-state index is 5.92. The number of hydrogen-bond acceptors (Lipinski definition) is 4. The van der Waals surface area contributed by atoms with E-state index in [1.54, 1.807) is 18.3 Å². The Bertz CT molecular complexity index is 588. The summed E-state index contributed by atoms with van der Waals surface area (Å²) in [7, 11) is 0. The fourth-order valence-electron chi connectivity index (χ4n) is 1.25. The van der Waals surface area contributed by atoms with Crippen molar-refractivity contribution >= 4 is 56.2 Å². The largest absolute Gasteiger partial charge is 0.388 e. The third-order valence-electron chi connectivity index (χ3n) is 2.10. The number of nitrogens with two attached hydrogens (primary N) is 1. The van der Waals surface area contributed by atoms with Crippen LogP contribution in [0.15, 0.2) is 35.1 Å². The van der Waals surface area contributed by atoms with E-state index in [-0.39, 0.29) is 4.99 Å². The van der Waals surface area contributed by atoms with Gasteiger partial charge in [0.2, 0.25) is 0 Å². The lowest BCUT2D eigenvalue weighted by molar-refractivity contribution is 1.18.